The van der Waals surface area contributed by atoms with Crippen molar-refractivity contribution in [3.63, 3.8) is 0 Å². The first-order valence-electron chi connectivity index (χ1n) is 17.3. The van der Waals surface area contributed by atoms with E-state index in [2.05, 4.69) is 179 Å². The normalized spacial score (nSPS) is 11.9. The minimum atomic E-state index is 0.817. The highest BCUT2D eigenvalue weighted by molar-refractivity contribution is 6.17. The van der Waals surface area contributed by atoms with Crippen LogP contribution in [0, 0.1) is 0 Å². The number of furan rings is 1. The predicted molar refractivity (Wildman–Crippen MR) is 211 cm³/mol. The fourth-order valence-corrected chi connectivity index (χ4v) is 8.06. The average Bonchev–Trinajstić information content (AvgIpc) is 3.89. The van der Waals surface area contributed by atoms with Gasteiger partial charge in [-0.3, -0.25) is 4.57 Å². The Bertz CT molecular complexity index is 3070. The van der Waals surface area contributed by atoms with Gasteiger partial charge in [0, 0.05) is 27.2 Å². The van der Waals surface area contributed by atoms with Gasteiger partial charge in [0.05, 0.1) is 38.7 Å². The Morgan fingerprint density at radius 3 is 1.84 bits per heavy atom. The number of imidazole rings is 1. The van der Waals surface area contributed by atoms with Crippen molar-refractivity contribution < 1.29 is 4.42 Å². The van der Waals surface area contributed by atoms with E-state index in [0.29, 0.717) is 0 Å². The molecular weight excluding hydrogens is 623 g/mol. The molecule has 0 aliphatic heterocycles. The smallest absolute Gasteiger partial charge is 0.149 e. The summed E-state index contributed by atoms with van der Waals surface area (Å²) < 4.78 is 11.6. The summed E-state index contributed by atoms with van der Waals surface area (Å²) in [6.45, 7) is 0. The molecule has 0 amide bonds. The monoisotopic (exact) mass is 651 g/mol. The maximum Gasteiger partial charge on any atom is 0.149 e. The summed E-state index contributed by atoms with van der Waals surface area (Å²) in [6, 6.07) is 62.3. The van der Waals surface area contributed by atoms with Crippen LogP contribution in [0.2, 0.25) is 0 Å². The third-order valence-electron chi connectivity index (χ3n) is 10.3. The Kier molecular flexibility index (Phi) is 5.92. The van der Waals surface area contributed by atoms with E-state index < -0.39 is 0 Å². The summed E-state index contributed by atoms with van der Waals surface area (Å²) in [5.41, 5.74) is 11.4. The molecule has 0 aliphatic carbocycles. The summed E-state index contributed by atoms with van der Waals surface area (Å²) in [5.74, 6) is 0.839. The minimum absolute atomic E-state index is 0.817. The highest BCUT2D eigenvalue weighted by Crippen LogP contribution is 2.44. The SMILES string of the molecule is c1ccc(-c2ccc(-n3c(-c4ccc(-n5c6ccccc6c6ccccc65)c5c4oc4ccccc45)nc4ccc5ccccc5c43)cc2)cc1. The van der Waals surface area contributed by atoms with E-state index in [1.807, 2.05) is 6.07 Å². The maximum atomic E-state index is 6.89. The molecule has 0 spiro atoms. The Hall–Kier alpha value is -6.91. The van der Waals surface area contributed by atoms with Crippen molar-refractivity contribution in [1.29, 1.82) is 0 Å². The molecule has 11 aromatic rings. The standard InChI is InChI=1S/C47H29N3O/c1-2-12-30(13-3-1)31-22-25-33(26-23-31)49-45-34-15-5-4-14-32(34)24-28-39(45)48-47(49)38-27-29-42(44-37-18-8-11-21-43(37)51-46(38)44)50-40-19-9-6-16-35(40)36-17-7-10-20-41(36)50/h1-29H. The summed E-state index contributed by atoms with van der Waals surface area (Å²) in [4.78, 5) is 5.40. The number of aromatic nitrogens is 3. The molecule has 0 fully saturated rings. The molecule has 3 heterocycles. The molecule has 0 saturated carbocycles. The Morgan fingerprint density at radius 1 is 0.451 bits per heavy atom. The topological polar surface area (TPSA) is 35.9 Å². The molecule has 4 nitrogen and oxygen atoms in total. The van der Waals surface area contributed by atoms with Gasteiger partial charge in [-0.2, -0.15) is 0 Å². The second-order valence-corrected chi connectivity index (χ2v) is 13.1. The van der Waals surface area contributed by atoms with Gasteiger partial charge in [-0.15, -0.1) is 0 Å². The Morgan fingerprint density at radius 2 is 1.08 bits per heavy atom. The van der Waals surface area contributed by atoms with Crippen molar-refractivity contribution in [2.75, 3.05) is 0 Å². The lowest BCUT2D eigenvalue weighted by molar-refractivity contribution is 0.669. The fraction of sp³-hybridized carbons (Fsp3) is 0. The molecule has 238 valence electrons. The lowest BCUT2D eigenvalue weighted by atomic mass is 10.0. The van der Waals surface area contributed by atoms with E-state index in [1.54, 1.807) is 0 Å². The zero-order valence-electron chi connectivity index (χ0n) is 27.5. The number of para-hydroxylation sites is 3. The van der Waals surface area contributed by atoms with Crippen molar-refractivity contribution in [3.05, 3.63) is 176 Å². The van der Waals surface area contributed by atoms with Gasteiger partial charge < -0.3 is 8.98 Å². The fourth-order valence-electron chi connectivity index (χ4n) is 8.06. The molecule has 0 saturated heterocycles. The first-order valence-corrected chi connectivity index (χ1v) is 17.3. The van der Waals surface area contributed by atoms with Crippen molar-refractivity contribution >= 4 is 65.6 Å². The number of fused-ring (bicyclic) bond motifs is 9. The predicted octanol–water partition coefficient (Wildman–Crippen LogP) is 12.5. The van der Waals surface area contributed by atoms with Gasteiger partial charge in [0.25, 0.3) is 0 Å². The lowest BCUT2D eigenvalue weighted by Gasteiger charge is -2.14. The van der Waals surface area contributed by atoms with Crippen LogP contribution in [0.1, 0.15) is 0 Å². The molecule has 0 aliphatic rings. The van der Waals surface area contributed by atoms with Crippen molar-refractivity contribution in [1.82, 2.24) is 14.1 Å². The third kappa shape index (κ3) is 4.11. The highest BCUT2D eigenvalue weighted by atomic mass is 16.3. The summed E-state index contributed by atoms with van der Waals surface area (Å²) in [6.07, 6.45) is 0. The molecule has 51 heavy (non-hydrogen) atoms. The molecule has 0 bridgehead atoms. The van der Waals surface area contributed by atoms with Gasteiger partial charge in [0.2, 0.25) is 0 Å². The van der Waals surface area contributed by atoms with Crippen LogP contribution in [-0.4, -0.2) is 14.1 Å². The molecule has 4 heteroatoms. The van der Waals surface area contributed by atoms with Crippen LogP contribution in [0.25, 0.3) is 99.4 Å². The number of nitrogens with zero attached hydrogens (tertiary/aromatic N) is 3. The van der Waals surface area contributed by atoms with Gasteiger partial charge in [-0.05, 0) is 65.0 Å². The highest BCUT2D eigenvalue weighted by Gasteiger charge is 2.24. The molecule has 0 N–H and O–H groups in total. The van der Waals surface area contributed by atoms with E-state index in [-0.39, 0.29) is 0 Å². The molecule has 0 radical (unpaired) electrons. The molecular formula is C47H29N3O. The number of hydrogen-bond donors (Lipinski definition) is 0. The Balaban J connectivity index is 1.23. The van der Waals surface area contributed by atoms with Gasteiger partial charge in [-0.25, -0.2) is 4.98 Å². The third-order valence-corrected chi connectivity index (χ3v) is 10.3. The zero-order valence-corrected chi connectivity index (χ0v) is 27.5. The average molecular weight is 652 g/mol. The van der Waals surface area contributed by atoms with Crippen LogP contribution >= 0.6 is 0 Å². The largest absolute Gasteiger partial charge is 0.455 e. The number of benzene rings is 8. The summed E-state index contributed by atoms with van der Waals surface area (Å²) in [5, 5.41) is 6.93. The first-order chi connectivity index (χ1) is 25.3. The second kappa shape index (κ2) is 10.8. The van der Waals surface area contributed by atoms with Gasteiger partial charge in [0.1, 0.15) is 17.0 Å². The van der Waals surface area contributed by atoms with E-state index >= 15 is 0 Å². The molecule has 3 aromatic heterocycles. The van der Waals surface area contributed by atoms with Crippen LogP contribution in [0.3, 0.4) is 0 Å². The van der Waals surface area contributed by atoms with Crippen LogP contribution in [0.15, 0.2) is 180 Å². The number of rotatable bonds is 4. The van der Waals surface area contributed by atoms with Crippen molar-refractivity contribution in [2.45, 2.75) is 0 Å². The van der Waals surface area contributed by atoms with E-state index in [1.165, 1.54) is 27.3 Å². The summed E-state index contributed by atoms with van der Waals surface area (Å²) >= 11 is 0. The first kappa shape index (κ1) is 28.0. The Labute approximate surface area is 293 Å². The maximum absolute atomic E-state index is 6.89. The molecule has 0 atom stereocenters. The summed E-state index contributed by atoms with van der Waals surface area (Å²) in [7, 11) is 0. The van der Waals surface area contributed by atoms with Gasteiger partial charge in [-0.1, -0.05) is 127 Å². The molecule has 0 unspecified atom stereocenters. The minimum Gasteiger partial charge on any atom is -0.455 e. The quantitative estimate of drug-likeness (QED) is 0.190. The van der Waals surface area contributed by atoms with Crippen molar-refractivity contribution in [2.24, 2.45) is 0 Å². The van der Waals surface area contributed by atoms with E-state index in [0.717, 1.165) is 72.2 Å². The van der Waals surface area contributed by atoms with Crippen LogP contribution in [0.5, 0.6) is 0 Å². The van der Waals surface area contributed by atoms with Crippen LogP contribution in [-0.2, 0) is 0 Å². The lowest BCUT2D eigenvalue weighted by Crippen LogP contribution is -2.00. The van der Waals surface area contributed by atoms with Crippen molar-refractivity contribution in [3.8, 4) is 33.9 Å². The molecule has 11 rings (SSSR count). The number of hydrogen-bond acceptors (Lipinski definition) is 2. The van der Waals surface area contributed by atoms with Gasteiger partial charge >= 0.3 is 0 Å². The van der Waals surface area contributed by atoms with Crippen LogP contribution in [0.4, 0.5) is 0 Å². The molecule has 8 aromatic carbocycles. The van der Waals surface area contributed by atoms with E-state index in [9.17, 15) is 0 Å². The van der Waals surface area contributed by atoms with Gasteiger partial charge in [0.15, 0.2) is 0 Å². The van der Waals surface area contributed by atoms with Crippen LogP contribution < -0.4 is 0 Å². The second-order valence-electron chi connectivity index (χ2n) is 13.1. The van der Waals surface area contributed by atoms with E-state index in [4.69, 9.17) is 9.40 Å². The zero-order chi connectivity index (χ0) is 33.5.